The number of aryl methyl sites for hydroxylation is 1. The van der Waals surface area contributed by atoms with E-state index in [2.05, 4.69) is 10.5 Å². The molecule has 0 atom stereocenters. The first-order valence-electron chi connectivity index (χ1n) is 10.5. The lowest BCUT2D eigenvalue weighted by atomic mass is 10.1. The van der Waals surface area contributed by atoms with Crippen molar-refractivity contribution in [1.29, 1.82) is 0 Å². The predicted molar refractivity (Wildman–Crippen MR) is 130 cm³/mol. The van der Waals surface area contributed by atoms with Crippen LogP contribution in [-0.2, 0) is 0 Å². The Morgan fingerprint density at radius 3 is 1.94 bits per heavy atom. The van der Waals surface area contributed by atoms with Crippen LogP contribution in [0.2, 0.25) is 0 Å². The Kier molecular flexibility index (Phi) is 8.29. The molecule has 182 valence electrons. The maximum Gasteiger partial charge on any atom is 0.343 e. The molecule has 9 heteroatoms. The molecule has 35 heavy (non-hydrogen) atoms. The van der Waals surface area contributed by atoms with Crippen molar-refractivity contribution in [2.45, 2.75) is 6.92 Å². The van der Waals surface area contributed by atoms with Gasteiger partial charge < -0.3 is 23.7 Å². The maximum absolute atomic E-state index is 12.6. The summed E-state index contributed by atoms with van der Waals surface area (Å²) in [6.45, 7) is 1.94. The molecule has 0 aliphatic heterocycles. The van der Waals surface area contributed by atoms with Crippen LogP contribution in [0.1, 0.15) is 31.8 Å². The van der Waals surface area contributed by atoms with Crippen molar-refractivity contribution in [3.05, 3.63) is 76.9 Å². The molecule has 0 unspecified atom stereocenters. The summed E-state index contributed by atoms with van der Waals surface area (Å²) in [6.07, 6.45) is 1.43. The Balaban J connectivity index is 1.71. The highest BCUT2D eigenvalue weighted by atomic mass is 16.6. The van der Waals surface area contributed by atoms with Crippen LogP contribution in [0.15, 0.2) is 59.7 Å². The number of carbonyl (C=O) groups excluding carboxylic acids is 2. The quantitative estimate of drug-likeness (QED) is 0.214. The van der Waals surface area contributed by atoms with Crippen LogP contribution in [0.3, 0.4) is 0 Å². The fourth-order valence-corrected chi connectivity index (χ4v) is 3.14. The predicted octanol–water partition coefficient (Wildman–Crippen LogP) is 4.01. The largest absolute Gasteiger partial charge is 0.493 e. The number of carbonyl (C=O) groups is 2. The van der Waals surface area contributed by atoms with Crippen LogP contribution in [0, 0.1) is 6.92 Å². The summed E-state index contributed by atoms with van der Waals surface area (Å²) in [7, 11) is 5.87. The zero-order valence-corrected chi connectivity index (χ0v) is 20.1. The van der Waals surface area contributed by atoms with Gasteiger partial charge in [0.2, 0.25) is 5.75 Å². The van der Waals surface area contributed by atoms with E-state index in [1.54, 1.807) is 30.3 Å². The Bertz CT molecular complexity index is 1210. The van der Waals surface area contributed by atoms with Crippen LogP contribution in [0.4, 0.5) is 0 Å². The lowest BCUT2D eigenvalue weighted by molar-refractivity contribution is 0.0729. The highest BCUT2D eigenvalue weighted by Crippen LogP contribution is 2.38. The van der Waals surface area contributed by atoms with E-state index in [0.29, 0.717) is 34.1 Å². The van der Waals surface area contributed by atoms with Crippen molar-refractivity contribution in [2.75, 3.05) is 28.4 Å². The van der Waals surface area contributed by atoms with Gasteiger partial charge >= 0.3 is 5.97 Å². The number of nitrogens with one attached hydrogen (secondary N) is 1. The SMILES string of the molecule is COc1cc(/C=N\NC(=O)c2cc(OC)c(OC)c(OC)c2)ccc1OC(=O)c1ccc(C)cc1. The third-order valence-corrected chi connectivity index (χ3v) is 4.98. The molecule has 3 aromatic carbocycles. The first-order valence-corrected chi connectivity index (χ1v) is 10.5. The highest BCUT2D eigenvalue weighted by Gasteiger charge is 2.17. The Hall–Kier alpha value is -4.53. The van der Waals surface area contributed by atoms with Crippen molar-refractivity contribution in [2.24, 2.45) is 5.10 Å². The number of rotatable bonds is 9. The van der Waals surface area contributed by atoms with Crippen LogP contribution < -0.4 is 29.1 Å². The van der Waals surface area contributed by atoms with E-state index >= 15 is 0 Å². The number of hydrogen-bond acceptors (Lipinski definition) is 8. The van der Waals surface area contributed by atoms with Gasteiger partial charge in [0, 0.05) is 5.56 Å². The first kappa shape index (κ1) is 25.1. The van der Waals surface area contributed by atoms with Gasteiger partial charge in [-0.3, -0.25) is 4.79 Å². The van der Waals surface area contributed by atoms with Gasteiger partial charge in [0.15, 0.2) is 23.0 Å². The lowest BCUT2D eigenvalue weighted by Crippen LogP contribution is -2.18. The standard InChI is InChI=1S/C26H26N2O7/c1-16-6-9-18(10-7-16)26(30)35-20-11-8-17(12-21(20)31-2)15-27-28-25(29)19-13-22(32-3)24(34-5)23(14-19)33-4/h6-15H,1-5H3,(H,28,29)/b27-15-. The fraction of sp³-hybridized carbons (Fsp3) is 0.192. The maximum atomic E-state index is 12.6. The first-order chi connectivity index (χ1) is 16.9. The highest BCUT2D eigenvalue weighted by molar-refractivity contribution is 5.96. The lowest BCUT2D eigenvalue weighted by Gasteiger charge is -2.13. The minimum Gasteiger partial charge on any atom is -0.493 e. The smallest absolute Gasteiger partial charge is 0.343 e. The molecule has 0 saturated heterocycles. The number of hydrazone groups is 1. The van der Waals surface area contributed by atoms with Gasteiger partial charge in [-0.15, -0.1) is 0 Å². The summed E-state index contributed by atoms with van der Waals surface area (Å²) in [5.41, 5.74) is 4.80. The van der Waals surface area contributed by atoms with E-state index in [-0.39, 0.29) is 11.3 Å². The van der Waals surface area contributed by atoms with Gasteiger partial charge in [0.05, 0.1) is 40.2 Å². The molecule has 9 nitrogen and oxygen atoms in total. The number of nitrogens with zero attached hydrogens (tertiary/aromatic N) is 1. The topological polar surface area (TPSA) is 105 Å². The van der Waals surface area contributed by atoms with Crippen molar-refractivity contribution in [1.82, 2.24) is 5.43 Å². The molecule has 1 amide bonds. The van der Waals surface area contributed by atoms with Gasteiger partial charge in [0.25, 0.3) is 5.91 Å². The summed E-state index contributed by atoms with van der Waals surface area (Å²) < 4.78 is 26.6. The summed E-state index contributed by atoms with van der Waals surface area (Å²) in [6, 6.07) is 15.0. The number of benzene rings is 3. The molecule has 3 rings (SSSR count). The molecule has 0 fully saturated rings. The zero-order chi connectivity index (χ0) is 25.4. The second kappa shape index (κ2) is 11.6. The molecule has 3 aromatic rings. The molecule has 0 aliphatic carbocycles. The second-order valence-electron chi connectivity index (χ2n) is 7.28. The molecule has 0 heterocycles. The van der Waals surface area contributed by atoms with Crippen molar-refractivity contribution in [3.8, 4) is 28.7 Å². The molecule has 0 spiro atoms. The van der Waals surface area contributed by atoms with Gasteiger partial charge in [-0.2, -0.15) is 5.10 Å². The second-order valence-corrected chi connectivity index (χ2v) is 7.28. The van der Waals surface area contributed by atoms with Gasteiger partial charge in [-0.1, -0.05) is 17.7 Å². The fourth-order valence-electron chi connectivity index (χ4n) is 3.14. The molecule has 0 radical (unpaired) electrons. The van der Waals surface area contributed by atoms with E-state index in [1.807, 2.05) is 19.1 Å². The number of ether oxygens (including phenoxy) is 5. The summed E-state index contributed by atoms with van der Waals surface area (Å²) in [5.74, 6) is 0.703. The van der Waals surface area contributed by atoms with Crippen LogP contribution in [0.5, 0.6) is 28.7 Å². The minimum atomic E-state index is -0.498. The summed E-state index contributed by atoms with van der Waals surface area (Å²) in [5, 5.41) is 3.99. The number of hydrogen-bond donors (Lipinski definition) is 1. The van der Waals surface area contributed by atoms with E-state index in [0.717, 1.165) is 5.56 Å². The Labute approximate surface area is 203 Å². The molecular formula is C26H26N2O7. The van der Waals surface area contributed by atoms with Crippen LogP contribution >= 0.6 is 0 Å². The molecule has 0 saturated carbocycles. The molecule has 0 bridgehead atoms. The van der Waals surface area contributed by atoms with E-state index < -0.39 is 11.9 Å². The van der Waals surface area contributed by atoms with Crippen LogP contribution in [-0.4, -0.2) is 46.5 Å². The van der Waals surface area contributed by atoms with Gasteiger partial charge in [0.1, 0.15) is 0 Å². The van der Waals surface area contributed by atoms with Crippen molar-refractivity contribution < 1.29 is 33.3 Å². The Morgan fingerprint density at radius 1 is 0.743 bits per heavy atom. The van der Waals surface area contributed by atoms with E-state index in [9.17, 15) is 9.59 Å². The third kappa shape index (κ3) is 6.08. The summed E-state index contributed by atoms with van der Waals surface area (Å²) in [4.78, 5) is 25.0. The van der Waals surface area contributed by atoms with Crippen LogP contribution in [0.25, 0.3) is 0 Å². The number of amides is 1. The third-order valence-electron chi connectivity index (χ3n) is 4.98. The average Bonchev–Trinajstić information content (AvgIpc) is 2.88. The molecular weight excluding hydrogens is 452 g/mol. The zero-order valence-electron chi connectivity index (χ0n) is 20.1. The molecule has 1 N–H and O–H groups in total. The molecule has 0 aliphatic rings. The van der Waals surface area contributed by atoms with Crippen molar-refractivity contribution >= 4 is 18.1 Å². The monoisotopic (exact) mass is 478 g/mol. The normalized spacial score (nSPS) is 10.5. The van der Waals surface area contributed by atoms with Crippen molar-refractivity contribution in [3.63, 3.8) is 0 Å². The number of methoxy groups -OCH3 is 4. The van der Waals surface area contributed by atoms with Gasteiger partial charge in [-0.25, -0.2) is 10.2 Å². The van der Waals surface area contributed by atoms with Gasteiger partial charge in [-0.05, 0) is 55.0 Å². The summed E-state index contributed by atoms with van der Waals surface area (Å²) >= 11 is 0. The Morgan fingerprint density at radius 2 is 1.37 bits per heavy atom. The van der Waals surface area contributed by atoms with E-state index in [4.69, 9.17) is 23.7 Å². The average molecular weight is 479 g/mol. The number of esters is 1. The minimum absolute atomic E-state index is 0.261. The molecule has 0 aromatic heterocycles. The van der Waals surface area contributed by atoms with E-state index in [1.165, 1.54) is 46.8 Å².